The molecule has 0 saturated carbocycles. The number of ether oxygens (including phenoxy) is 4. The van der Waals surface area contributed by atoms with Crippen molar-refractivity contribution in [3.8, 4) is 11.5 Å². The molecule has 7 heteroatoms. The second-order valence-electron chi connectivity index (χ2n) is 6.24. The zero-order valence-corrected chi connectivity index (χ0v) is 16.6. The van der Waals surface area contributed by atoms with Gasteiger partial charge in [-0.05, 0) is 30.7 Å². The van der Waals surface area contributed by atoms with Crippen molar-refractivity contribution < 1.29 is 28.5 Å². The van der Waals surface area contributed by atoms with Crippen molar-refractivity contribution in [3.05, 3.63) is 64.8 Å². The molecule has 3 aromatic rings. The monoisotopic (exact) mass is 395 g/mol. The number of fused-ring (bicyclic) bond motifs is 1. The lowest BCUT2D eigenvalue weighted by Crippen LogP contribution is -2.14. The maximum atomic E-state index is 12.6. The van der Waals surface area contributed by atoms with Crippen LogP contribution in [0.5, 0.6) is 11.5 Å². The van der Waals surface area contributed by atoms with E-state index in [2.05, 4.69) is 4.98 Å². The molecule has 0 aliphatic carbocycles. The van der Waals surface area contributed by atoms with Gasteiger partial charge < -0.3 is 18.9 Å². The van der Waals surface area contributed by atoms with E-state index >= 15 is 0 Å². The van der Waals surface area contributed by atoms with Crippen LogP contribution in [0, 0.1) is 6.92 Å². The summed E-state index contributed by atoms with van der Waals surface area (Å²) < 4.78 is 20.7. The highest BCUT2D eigenvalue weighted by Gasteiger charge is 2.21. The normalized spacial score (nSPS) is 10.5. The van der Waals surface area contributed by atoms with Crippen molar-refractivity contribution in [2.24, 2.45) is 0 Å². The quantitative estimate of drug-likeness (QED) is 0.588. The Morgan fingerprint density at radius 2 is 1.59 bits per heavy atom. The fourth-order valence-corrected chi connectivity index (χ4v) is 3.06. The molecule has 0 aliphatic heterocycles. The summed E-state index contributed by atoms with van der Waals surface area (Å²) in [5.41, 5.74) is 2.31. The van der Waals surface area contributed by atoms with Gasteiger partial charge in [0.15, 0.2) is 0 Å². The number of aromatic nitrogens is 1. The molecule has 0 bridgehead atoms. The van der Waals surface area contributed by atoms with Crippen LogP contribution in [0.4, 0.5) is 0 Å². The summed E-state index contributed by atoms with van der Waals surface area (Å²) in [6, 6.07) is 12.2. The molecule has 0 unspecified atom stereocenters. The molecule has 0 amide bonds. The Labute approximate surface area is 168 Å². The third-order valence-corrected chi connectivity index (χ3v) is 4.54. The van der Waals surface area contributed by atoms with Gasteiger partial charge in [0.05, 0.1) is 43.7 Å². The highest BCUT2D eigenvalue weighted by molar-refractivity contribution is 5.98. The number of carbonyl (C=O) groups excluding carboxylic acids is 2. The predicted octanol–water partition coefficient (Wildman–Crippen LogP) is 3.70. The molecule has 0 N–H and O–H groups in total. The van der Waals surface area contributed by atoms with E-state index in [0.717, 1.165) is 10.9 Å². The van der Waals surface area contributed by atoms with Crippen molar-refractivity contribution in [2.75, 3.05) is 21.3 Å². The first-order valence-electron chi connectivity index (χ1n) is 8.85. The molecule has 29 heavy (non-hydrogen) atoms. The number of rotatable bonds is 6. The standard InChI is InChI=1S/C22H21NO6/c1-13-17-7-5-6-8-18(17)23-19(20(13)22(25)28-4)12-29-21(24)14-9-15(26-2)11-16(10-14)27-3/h5-11H,12H2,1-4H3. The molecular formula is C22H21NO6. The maximum absolute atomic E-state index is 12.6. The summed E-state index contributed by atoms with van der Waals surface area (Å²) in [4.78, 5) is 29.4. The Kier molecular flexibility index (Phi) is 5.97. The van der Waals surface area contributed by atoms with Crippen LogP contribution < -0.4 is 9.47 Å². The average molecular weight is 395 g/mol. The molecule has 3 rings (SSSR count). The van der Waals surface area contributed by atoms with E-state index < -0.39 is 11.9 Å². The molecule has 0 radical (unpaired) electrons. The smallest absolute Gasteiger partial charge is 0.340 e. The number of para-hydroxylation sites is 1. The minimum absolute atomic E-state index is 0.186. The Morgan fingerprint density at radius 3 is 2.21 bits per heavy atom. The lowest BCUT2D eigenvalue weighted by atomic mass is 10.0. The van der Waals surface area contributed by atoms with Gasteiger partial charge in [0, 0.05) is 11.5 Å². The molecule has 0 saturated heterocycles. The minimum atomic E-state index is -0.592. The van der Waals surface area contributed by atoms with Crippen LogP contribution in [0.1, 0.15) is 32.0 Å². The molecule has 2 aromatic carbocycles. The number of hydrogen-bond donors (Lipinski definition) is 0. The van der Waals surface area contributed by atoms with Crippen LogP contribution in [0.25, 0.3) is 10.9 Å². The fraction of sp³-hybridized carbons (Fsp3) is 0.227. The number of esters is 2. The van der Waals surface area contributed by atoms with Gasteiger partial charge in [-0.2, -0.15) is 0 Å². The summed E-state index contributed by atoms with van der Waals surface area (Å²) in [6.07, 6.45) is 0. The summed E-state index contributed by atoms with van der Waals surface area (Å²) in [7, 11) is 4.29. The van der Waals surface area contributed by atoms with E-state index in [1.165, 1.54) is 21.3 Å². The van der Waals surface area contributed by atoms with Crippen LogP contribution in [0.2, 0.25) is 0 Å². The summed E-state index contributed by atoms with van der Waals surface area (Å²) in [6.45, 7) is 1.63. The lowest BCUT2D eigenvalue weighted by Gasteiger charge is -2.14. The highest BCUT2D eigenvalue weighted by Crippen LogP contribution is 2.26. The molecule has 1 heterocycles. The van der Waals surface area contributed by atoms with E-state index in [0.29, 0.717) is 28.3 Å². The van der Waals surface area contributed by atoms with Gasteiger partial charge in [-0.15, -0.1) is 0 Å². The SMILES string of the molecule is COC(=O)c1c(COC(=O)c2cc(OC)cc(OC)c2)nc2ccccc2c1C. The van der Waals surface area contributed by atoms with Crippen LogP contribution in [0.3, 0.4) is 0 Å². The van der Waals surface area contributed by atoms with E-state index in [4.69, 9.17) is 18.9 Å². The molecule has 1 aromatic heterocycles. The zero-order chi connectivity index (χ0) is 21.0. The molecule has 0 aliphatic rings. The fourth-order valence-electron chi connectivity index (χ4n) is 3.06. The number of nitrogens with zero attached hydrogens (tertiary/aromatic N) is 1. The number of benzene rings is 2. The Hall–Kier alpha value is -3.61. The van der Waals surface area contributed by atoms with E-state index in [1.54, 1.807) is 18.2 Å². The molecule has 7 nitrogen and oxygen atoms in total. The van der Waals surface area contributed by atoms with Crippen molar-refractivity contribution in [2.45, 2.75) is 13.5 Å². The maximum Gasteiger partial charge on any atom is 0.340 e. The van der Waals surface area contributed by atoms with Gasteiger partial charge in [-0.3, -0.25) is 0 Å². The van der Waals surface area contributed by atoms with Gasteiger partial charge in [0.2, 0.25) is 0 Å². The zero-order valence-electron chi connectivity index (χ0n) is 16.6. The average Bonchev–Trinajstić information content (AvgIpc) is 2.76. The van der Waals surface area contributed by atoms with Gasteiger partial charge in [-0.1, -0.05) is 18.2 Å². The summed E-state index contributed by atoms with van der Waals surface area (Å²) in [5.74, 6) is -0.196. The van der Waals surface area contributed by atoms with Crippen LogP contribution in [-0.2, 0) is 16.1 Å². The molecule has 0 fully saturated rings. The number of methoxy groups -OCH3 is 3. The first kappa shape index (κ1) is 20.1. The largest absolute Gasteiger partial charge is 0.497 e. The van der Waals surface area contributed by atoms with Crippen LogP contribution in [0.15, 0.2) is 42.5 Å². The number of carbonyl (C=O) groups is 2. The number of pyridine rings is 1. The number of aryl methyl sites for hydroxylation is 1. The highest BCUT2D eigenvalue weighted by atomic mass is 16.5. The van der Waals surface area contributed by atoms with Crippen LogP contribution >= 0.6 is 0 Å². The Morgan fingerprint density at radius 1 is 0.931 bits per heavy atom. The number of hydrogen-bond acceptors (Lipinski definition) is 7. The summed E-state index contributed by atoms with van der Waals surface area (Å²) >= 11 is 0. The van der Waals surface area contributed by atoms with Gasteiger partial charge >= 0.3 is 11.9 Å². The van der Waals surface area contributed by atoms with E-state index in [1.807, 2.05) is 31.2 Å². The first-order valence-corrected chi connectivity index (χ1v) is 8.85. The molecule has 150 valence electrons. The third kappa shape index (κ3) is 4.13. The van der Waals surface area contributed by atoms with Gasteiger partial charge in [-0.25, -0.2) is 14.6 Å². The topological polar surface area (TPSA) is 84.0 Å². The van der Waals surface area contributed by atoms with Crippen molar-refractivity contribution in [3.63, 3.8) is 0 Å². The predicted molar refractivity (Wildman–Crippen MR) is 106 cm³/mol. The summed E-state index contributed by atoms with van der Waals surface area (Å²) in [5, 5.41) is 0.834. The minimum Gasteiger partial charge on any atom is -0.497 e. The van der Waals surface area contributed by atoms with Gasteiger partial charge in [0.25, 0.3) is 0 Å². The van der Waals surface area contributed by atoms with E-state index in [9.17, 15) is 9.59 Å². The third-order valence-electron chi connectivity index (χ3n) is 4.54. The molecule has 0 spiro atoms. The van der Waals surface area contributed by atoms with Crippen LogP contribution in [-0.4, -0.2) is 38.3 Å². The second-order valence-corrected chi connectivity index (χ2v) is 6.24. The lowest BCUT2D eigenvalue weighted by molar-refractivity contribution is 0.0455. The second kappa shape index (κ2) is 8.60. The van der Waals surface area contributed by atoms with Gasteiger partial charge in [0.1, 0.15) is 18.1 Å². The Bertz CT molecular complexity index is 1050. The molecular weight excluding hydrogens is 374 g/mol. The first-order chi connectivity index (χ1) is 14.0. The Balaban J connectivity index is 1.94. The molecule has 0 atom stereocenters. The van der Waals surface area contributed by atoms with Crippen molar-refractivity contribution >= 4 is 22.8 Å². The van der Waals surface area contributed by atoms with Crippen molar-refractivity contribution in [1.29, 1.82) is 0 Å². The van der Waals surface area contributed by atoms with E-state index in [-0.39, 0.29) is 12.2 Å². The van der Waals surface area contributed by atoms with Crippen molar-refractivity contribution in [1.82, 2.24) is 4.98 Å².